The number of aromatic nitrogens is 4. The fourth-order valence-electron chi connectivity index (χ4n) is 3.85. The second kappa shape index (κ2) is 6.59. The van der Waals surface area contributed by atoms with Crippen molar-refractivity contribution in [1.29, 1.82) is 0 Å². The molecule has 1 aliphatic carbocycles. The molecule has 2 fully saturated rings. The van der Waals surface area contributed by atoms with Crippen LogP contribution in [0.3, 0.4) is 0 Å². The van der Waals surface area contributed by atoms with Gasteiger partial charge in [0.15, 0.2) is 0 Å². The van der Waals surface area contributed by atoms with Crippen LogP contribution in [0.15, 0.2) is 24.7 Å². The first kappa shape index (κ1) is 16.8. The van der Waals surface area contributed by atoms with Gasteiger partial charge in [0.2, 0.25) is 11.8 Å². The topological polar surface area (TPSA) is 85.1 Å². The minimum Gasteiger partial charge on any atom is -0.336 e. The summed E-state index contributed by atoms with van der Waals surface area (Å²) in [6, 6.07) is 1.71. The molecule has 0 bridgehead atoms. The molecule has 3 heterocycles. The minimum absolute atomic E-state index is 0.0775. The number of rotatable bonds is 5. The van der Waals surface area contributed by atoms with Crippen molar-refractivity contribution in [3.63, 3.8) is 0 Å². The van der Waals surface area contributed by atoms with Crippen molar-refractivity contribution in [1.82, 2.24) is 24.2 Å². The lowest BCUT2D eigenvalue weighted by molar-refractivity contribution is -0.143. The van der Waals surface area contributed by atoms with Crippen LogP contribution in [0.5, 0.6) is 0 Å². The van der Waals surface area contributed by atoms with E-state index < -0.39 is 0 Å². The van der Waals surface area contributed by atoms with E-state index in [1.807, 2.05) is 29.6 Å². The number of piperidine rings is 1. The number of likely N-dealkylation sites (tertiary alicyclic amines) is 1. The van der Waals surface area contributed by atoms with Crippen LogP contribution in [0, 0.1) is 5.92 Å². The number of aryl methyl sites for hydroxylation is 2. The van der Waals surface area contributed by atoms with Crippen LogP contribution in [0.25, 0.3) is 0 Å². The third-order valence-corrected chi connectivity index (χ3v) is 5.31. The van der Waals surface area contributed by atoms with Gasteiger partial charge in [0.1, 0.15) is 17.7 Å². The maximum atomic E-state index is 13.1. The summed E-state index contributed by atoms with van der Waals surface area (Å²) in [5.41, 5.74) is 0. The zero-order valence-corrected chi connectivity index (χ0v) is 15.1. The Morgan fingerprint density at radius 2 is 2.12 bits per heavy atom. The Morgan fingerprint density at radius 1 is 1.31 bits per heavy atom. The van der Waals surface area contributed by atoms with Gasteiger partial charge in [-0.25, -0.2) is 9.67 Å². The van der Waals surface area contributed by atoms with E-state index in [9.17, 15) is 9.59 Å². The summed E-state index contributed by atoms with van der Waals surface area (Å²) in [5.74, 6) is 1.18. The first-order valence-electron chi connectivity index (χ1n) is 9.21. The van der Waals surface area contributed by atoms with Crippen LogP contribution in [0.4, 0.5) is 5.82 Å². The van der Waals surface area contributed by atoms with E-state index in [4.69, 9.17) is 0 Å². The van der Waals surface area contributed by atoms with Crippen molar-refractivity contribution >= 4 is 17.6 Å². The van der Waals surface area contributed by atoms with E-state index in [1.165, 1.54) is 0 Å². The highest BCUT2D eigenvalue weighted by Crippen LogP contribution is 2.43. The summed E-state index contributed by atoms with van der Waals surface area (Å²) < 4.78 is 3.66. The monoisotopic (exact) mass is 356 g/mol. The van der Waals surface area contributed by atoms with Crippen molar-refractivity contribution in [2.75, 3.05) is 5.32 Å². The molecule has 1 aliphatic heterocycles. The Labute approximate surface area is 152 Å². The van der Waals surface area contributed by atoms with Gasteiger partial charge in [0.05, 0.1) is 12.1 Å². The minimum atomic E-state index is -0.324. The number of carbonyl (C=O) groups is 2. The van der Waals surface area contributed by atoms with Crippen molar-refractivity contribution < 1.29 is 9.59 Å². The van der Waals surface area contributed by atoms with Crippen LogP contribution in [-0.2, 0) is 23.2 Å². The normalized spacial score (nSPS) is 23.3. The predicted molar refractivity (Wildman–Crippen MR) is 95.1 cm³/mol. The molecule has 4 rings (SSSR count). The van der Waals surface area contributed by atoms with Gasteiger partial charge in [-0.15, -0.1) is 0 Å². The van der Waals surface area contributed by atoms with Crippen LogP contribution >= 0.6 is 0 Å². The average molecular weight is 356 g/mol. The molecule has 138 valence electrons. The Morgan fingerprint density at radius 3 is 2.77 bits per heavy atom. The van der Waals surface area contributed by atoms with Gasteiger partial charge in [-0.3, -0.25) is 9.59 Å². The summed E-state index contributed by atoms with van der Waals surface area (Å²) >= 11 is 0. The third-order valence-electron chi connectivity index (χ3n) is 5.31. The smallest absolute Gasteiger partial charge is 0.231 e. The molecule has 2 amide bonds. The number of hydrogen-bond acceptors (Lipinski definition) is 4. The fourth-order valence-corrected chi connectivity index (χ4v) is 3.85. The molecule has 0 radical (unpaired) electrons. The van der Waals surface area contributed by atoms with E-state index in [1.54, 1.807) is 23.1 Å². The maximum Gasteiger partial charge on any atom is 0.231 e. The quantitative estimate of drug-likeness (QED) is 0.884. The fraction of sp³-hybridized carbons (Fsp3) is 0.556. The summed E-state index contributed by atoms with van der Waals surface area (Å²) in [5, 5.41) is 7.21. The number of anilines is 1. The van der Waals surface area contributed by atoms with Gasteiger partial charge in [-0.1, -0.05) is 0 Å². The zero-order valence-electron chi connectivity index (χ0n) is 15.1. The number of imidazole rings is 1. The van der Waals surface area contributed by atoms with Crippen LogP contribution in [0.1, 0.15) is 44.5 Å². The highest BCUT2D eigenvalue weighted by molar-refractivity contribution is 5.94. The molecule has 1 saturated heterocycles. The molecule has 1 N–H and O–H groups in total. The number of nitrogens with zero attached hydrogens (tertiary/aromatic N) is 5. The zero-order chi connectivity index (χ0) is 18.3. The Kier molecular flexibility index (Phi) is 4.26. The first-order valence-corrected chi connectivity index (χ1v) is 9.21. The number of nitrogens with one attached hydrogen (secondary N) is 1. The Bertz CT molecular complexity index is 821. The van der Waals surface area contributed by atoms with E-state index in [-0.39, 0.29) is 29.8 Å². The van der Waals surface area contributed by atoms with Crippen LogP contribution in [0.2, 0.25) is 0 Å². The molecule has 0 spiro atoms. The van der Waals surface area contributed by atoms with E-state index in [0.29, 0.717) is 25.2 Å². The highest BCUT2D eigenvalue weighted by Gasteiger charge is 2.48. The molecule has 2 aromatic rings. The third kappa shape index (κ3) is 2.89. The average Bonchev–Trinajstić information content (AvgIpc) is 3.21. The van der Waals surface area contributed by atoms with E-state index in [2.05, 4.69) is 15.4 Å². The van der Waals surface area contributed by atoms with Crippen molar-refractivity contribution in [3.05, 3.63) is 30.5 Å². The van der Waals surface area contributed by atoms with Gasteiger partial charge in [0, 0.05) is 44.5 Å². The summed E-state index contributed by atoms with van der Waals surface area (Å²) in [6.07, 6.45) is 8.21. The summed E-state index contributed by atoms with van der Waals surface area (Å²) in [6.45, 7) is 2.66. The van der Waals surface area contributed by atoms with Gasteiger partial charge >= 0.3 is 0 Å². The number of carbonyl (C=O) groups excluding carboxylic acids is 2. The van der Waals surface area contributed by atoms with Crippen LogP contribution < -0.4 is 5.32 Å². The van der Waals surface area contributed by atoms with Crippen molar-refractivity contribution in [2.24, 2.45) is 13.0 Å². The van der Waals surface area contributed by atoms with Gasteiger partial charge in [0.25, 0.3) is 0 Å². The molecule has 2 atom stereocenters. The summed E-state index contributed by atoms with van der Waals surface area (Å²) in [7, 11) is 1.91. The largest absolute Gasteiger partial charge is 0.336 e. The molecule has 8 nitrogen and oxygen atoms in total. The Balaban J connectivity index is 1.65. The second-order valence-electron chi connectivity index (χ2n) is 7.04. The maximum absolute atomic E-state index is 13.1. The van der Waals surface area contributed by atoms with Gasteiger partial charge in [-0.05, 0) is 26.2 Å². The molecular weight excluding hydrogens is 332 g/mol. The van der Waals surface area contributed by atoms with Crippen molar-refractivity contribution in [3.8, 4) is 0 Å². The molecule has 26 heavy (non-hydrogen) atoms. The standard InChI is InChI=1S/C18H24N6O2/c1-3-23-14(8-9-20-23)21-18(26)13-6-7-15(25)24(12-4-5-12)16(13)17-19-10-11-22(17)2/h8-13,16H,3-7H2,1-2H3,(H,21,26)/t13-,16-/m0/s1. The second-order valence-corrected chi connectivity index (χ2v) is 7.04. The molecule has 8 heteroatoms. The molecule has 1 saturated carbocycles. The first-order chi connectivity index (χ1) is 12.6. The highest BCUT2D eigenvalue weighted by atomic mass is 16.2. The van der Waals surface area contributed by atoms with Gasteiger partial charge < -0.3 is 14.8 Å². The van der Waals surface area contributed by atoms with Crippen molar-refractivity contribution in [2.45, 2.75) is 51.2 Å². The molecule has 2 aromatic heterocycles. The van der Waals surface area contributed by atoms with E-state index >= 15 is 0 Å². The predicted octanol–water partition coefficient (Wildman–Crippen LogP) is 1.72. The lowest BCUT2D eigenvalue weighted by Gasteiger charge is -2.40. The lowest BCUT2D eigenvalue weighted by Crippen LogP contribution is -2.48. The Hall–Kier alpha value is -2.64. The molecule has 0 unspecified atom stereocenters. The summed E-state index contributed by atoms with van der Waals surface area (Å²) in [4.78, 5) is 32.1. The SMILES string of the molecule is CCn1nccc1NC(=O)[C@H]1CCC(=O)N(C2CC2)[C@@H]1c1nccn1C. The van der Waals surface area contributed by atoms with Crippen LogP contribution in [-0.4, -0.2) is 42.1 Å². The molecule has 0 aromatic carbocycles. The van der Waals surface area contributed by atoms with E-state index in [0.717, 1.165) is 18.7 Å². The number of hydrogen-bond donors (Lipinski definition) is 1. The van der Waals surface area contributed by atoms with Gasteiger partial charge in [-0.2, -0.15) is 5.10 Å². The molecule has 2 aliphatic rings. The number of amides is 2. The lowest BCUT2D eigenvalue weighted by atomic mass is 9.87. The molecular formula is C18H24N6O2.